The molecule has 0 aliphatic carbocycles. The highest BCUT2D eigenvalue weighted by molar-refractivity contribution is 6.62. The molecule has 3 unspecified atom stereocenters. The van der Waals surface area contributed by atoms with Crippen LogP contribution in [0.3, 0.4) is 0 Å². The van der Waals surface area contributed by atoms with E-state index in [-0.39, 0.29) is 36.9 Å². The fraction of sp³-hybridized carbons (Fsp3) is 0.636. The van der Waals surface area contributed by atoms with Crippen molar-refractivity contribution in [2.45, 2.75) is 83.9 Å². The summed E-state index contributed by atoms with van der Waals surface area (Å²) in [4.78, 5) is 22.6. The highest BCUT2D eigenvalue weighted by Crippen LogP contribution is 2.37. The van der Waals surface area contributed by atoms with E-state index < -0.39 is 18.3 Å². The van der Waals surface area contributed by atoms with Crippen LogP contribution in [-0.2, 0) is 33.1 Å². The van der Waals surface area contributed by atoms with Crippen molar-refractivity contribution in [2.24, 2.45) is 0 Å². The van der Waals surface area contributed by atoms with E-state index in [1.807, 2.05) is 52.0 Å². The zero-order valence-corrected chi connectivity index (χ0v) is 18.6. The van der Waals surface area contributed by atoms with Crippen molar-refractivity contribution in [1.29, 1.82) is 0 Å². The standard InChI is InChI=1S/C22H31BO7/c1-14(24)26-13-19-11-18(27-15(2)25)12-20(28-19)16-7-9-17(10-8-16)23-29-21(3,4)22(5,6)30-23/h7-10,18-20H,11-13H2,1-6H3. The minimum absolute atomic E-state index is 0.135. The van der Waals surface area contributed by atoms with Crippen molar-refractivity contribution >= 4 is 24.5 Å². The maximum Gasteiger partial charge on any atom is 0.494 e. The molecule has 1 aromatic rings. The molecule has 3 rings (SSSR count). The van der Waals surface area contributed by atoms with Crippen LogP contribution in [0, 0.1) is 0 Å². The van der Waals surface area contributed by atoms with Gasteiger partial charge in [0.15, 0.2) is 0 Å². The second-order valence-electron chi connectivity index (χ2n) is 9.01. The Bertz CT molecular complexity index is 758. The van der Waals surface area contributed by atoms with E-state index in [0.717, 1.165) is 11.0 Å². The summed E-state index contributed by atoms with van der Waals surface area (Å²) in [5, 5.41) is 0. The number of esters is 2. The summed E-state index contributed by atoms with van der Waals surface area (Å²) in [7, 11) is -0.429. The average Bonchev–Trinajstić information content (AvgIpc) is 2.87. The van der Waals surface area contributed by atoms with Gasteiger partial charge in [-0.15, -0.1) is 0 Å². The summed E-state index contributed by atoms with van der Waals surface area (Å²) in [6, 6.07) is 7.89. The normalized spacial score (nSPS) is 27.5. The lowest BCUT2D eigenvalue weighted by molar-refractivity contribution is -0.169. The number of rotatable bonds is 5. The van der Waals surface area contributed by atoms with Crippen molar-refractivity contribution in [3.63, 3.8) is 0 Å². The van der Waals surface area contributed by atoms with Gasteiger partial charge < -0.3 is 23.5 Å². The SMILES string of the molecule is CC(=O)OCC1CC(OC(C)=O)CC(c2ccc(B3OC(C)(C)C(C)(C)O3)cc2)O1. The van der Waals surface area contributed by atoms with Crippen LogP contribution in [-0.4, -0.2) is 49.1 Å². The second-order valence-corrected chi connectivity index (χ2v) is 9.01. The van der Waals surface area contributed by atoms with Gasteiger partial charge in [0.25, 0.3) is 0 Å². The van der Waals surface area contributed by atoms with Crippen molar-refractivity contribution in [3.05, 3.63) is 29.8 Å². The third kappa shape index (κ3) is 5.23. The van der Waals surface area contributed by atoms with E-state index in [4.69, 9.17) is 23.5 Å². The van der Waals surface area contributed by atoms with Crippen molar-refractivity contribution < 1.29 is 33.1 Å². The zero-order valence-electron chi connectivity index (χ0n) is 18.6. The fourth-order valence-electron chi connectivity index (χ4n) is 3.68. The Morgan fingerprint density at radius 3 is 2.13 bits per heavy atom. The van der Waals surface area contributed by atoms with Crippen molar-refractivity contribution in [1.82, 2.24) is 0 Å². The topological polar surface area (TPSA) is 80.3 Å². The Morgan fingerprint density at radius 1 is 1.00 bits per heavy atom. The molecule has 0 saturated carbocycles. The number of ether oxygens (including phenoxy) is 3. The summed E-state index contributed by atoms with van der Waals surface area (Å²) in [5.41, 5.74) is 1.09. The lowest BCUT2D eigenvalue weighted by atomic mass is 9.78. The van der Waals surface area contributed by atoms with Crippen LogP contribution in [0.15, 0.2) is 24.3 Å². The van der Waals surface area contributed by atoms with E-state index in [9.17, 15) is 9.59 Å². The third-order valence-electron chi connectivity index (χ3n) is 6.00. The average molecular weight is 418 g/mol. The molecule has 0 amide bonds. The van der Waals surface area contributed by atoms with Gasteiger partial charge in [-0.1, -0.05) is 24.3 Å². The maximum absolute atomic E-state index is 11.4. The molecular formula is C22H31BO7. The summed E-state index contributed by atoms with van der Waals surface area (Å²) >= 11 is 0. The molecule has 2 saturated heterocycles. The smallest absolute Gasteiger partial charge is 0.463 e. The van der Waals surface area contributed by atoms with Crippen molar-refractivity contribution in [3.8, 4) is 0 Å². The molecule has 0 aromatic heterocycles. The first-order valence-electron chi connectivity index (χ1n) is 10.4. The molecule has 0 spiro atoms. The second kappa shape index (κ2) is 8.69. The molecule has 0 bridgehead atoms. The molecule has 8 heteroatoms. The first kappa shape index (κ1) is 22.8. The highest BCUT2D eigenvalue weighted by Gasteiger charge is 2.51. The van der Waals surface area contributed by atoms with Crippen LogP contribution in [0.25, 0.3) is 0 Å². The predicted octanol–water partition coefficient (Wildman–Crippen LogP) is 2.70. The van der Waals surface area contributed by atoms with Gasteiger partial charge in [-0.25, -0.2) is 0 Å². The number of carbonyl (C=O) groups is 2. The molecule has 0 N–H and O–H groups in total. The Labute approximate surface area is 178 Å². The molecule has 2 aliphatic rings. The highest BCUT2D eigenvalue weighted by atomic mass is 16.7. The number of carbonyl (C=O) groups excluding carboxylic acids is 2. The molecule has 164 valence electrons. The molecule has 3 atom stereocenters. The first-order chi connectivity index (χ1) is 14.0. The lowest BCUT2D eigenvalue weighted by Gasteiger charge is -2.35. The first-order valence-corrected chi connectivity index (χ1v) is 10.4. The molecular weight excluding hydrogens is 387 g/mol. The molecule has 0 radical (unpaired) electrons. The molecule has 2 aliphatic heterocycles. The summed E-state index contributed by atoms with van der Waals surface area (Å²) in [6.45, 7) is 11.0. The zero-order chi connectivity index (χ0) is 22.1. The summed E-state index contributed by atoms with van der Waals surface area (Å²) in [5.74, 6) is -0.695. The van der Waals surface area contributed by atoms with Gasteiger partial charge in [0.05, 0.1) is 23.4 Å². The van der Waals surface area contributed by atoms with Crippen LogP contribution < -0.4 is 5.46 Å². The number of hydrogen-bond donors (Lipinski definition) is 0. The monoisotopic (exact) mass is 418 g/mol. The number of benzene rings is 1. The quantitative estimate of drug-likeness (QED) is 0.537. The minimum atomic E-state index is -0.429. The van der Waals surface area contributed by atoms with Crippen LogP contribution >= 0.6 is 0 Å². The van der Waals surface area contributed by atoms with Gasteiger partial charge in [-0.3, -0.25) is 9.59 Å². The maximum atomic E-state index is 11.4. The van der Waals surface area contributed by atoms with Gasteiger partial charge in [0.1, 0.15) is 12.7 Å². The van der Waals surface area contributed by atoms with Gasteiger partial charge in [0.2, 0.25) is 0 Å². The van der Waals surface area contributed by atoms with E-state index in [1.165, 1.54) is 13.8 Å². The Kier molecular flexibility index (Phi) is 6.60. The molecule has 2 fully saturated rings. The van der Waals surface area contributed by atoms with E-state index in [1.54, 1.807) is 0 Å². The van der Waals surface area contributed by atoms with Crippen LogP contribution in [0.4, 0.5) is 0 Å². The lowest BCUT2D eigenvalue weighted by Crippen LogP contribution is -2.41. The number of hydrogen-bond acceptors (Lipinski definition) is 7. The Balaban J connectivity index is 1.72. The minimum Gasteiger partial charge on any atom is -0.463 e. The van der Waals surface area contributed by atoms with Gasteiger partial charge in [-0.05, 0) is 38.7 Å². The summed E-state index contributed by atoms with van der Waals surface area (Å²) < 4.78 is 28.9. The predicted molar refractivity (Wildman–Crippen MR) is 111 cm³/mol. The molecule has 7 nitrogen and oxygen atoms in total. The van der Waals surface area contributed by atoms with Crippen LogP contribution in [0.5, 0.6) is 0 Å². The van der Waals surface area contributed by atoms with Gasteiger partial charge >= 0.3 is 19.1 Å². The van der Waals surface area contributed by atoms with Crippen LogP contribution in [0.2, 0.25) is 0 Å². The van der Waals surface area contributed by atoms with E-state index in [2.05, 4.69) is 0 Å². The van der Waals surface area contributed by atoms with Gasteiger partial charge in [0, 0.05) is 26.7 Å². The Hall–Kier alpha value is -1.90. The van der Waals surface area contributed by atoms with Crippen molar-refractivity contribution in [2.75, 3.05) is 6.61 Å². The molecule has 30 heavy (non-hydrogen) atoms. The third-order valence-corrected chi connectivity index (χ3v) is 6.00. The molecule has 1 aromatic carbocycles. The molecule has 2 heterocycles. The van der Waals surface area contributed by atoms with E-state index >= 15 is 0 Å². The summed E-state index contributed by atoms with van der Waals surface area (Å²) in [6.07, 6.45) is 0.154. The van der Waals surface area contributed by atoms with Crippen LogP contribution in [0.1, 0.15) is 66.1 Å². The van der Waals surface area contributed by atoms with Gasteiger partial charge in [-0.2, -0.15) is 0 Å². The largest absolute Gasteiger partial charge is 0.494 e. The Morgan fingerprint density at radius 2 is 1.60 bits per heavy atom. The fourth-order valence-corrected chi connectivity index (χ4v) is 3.68. The van der Waals surface area contributed by atoms with E-state index in [0.29, 0.717) is 12.8 Å².